The number of hydrazone groups is 1. The molecule has 0 spiro atoms. The van der Waals surface area contributed by atoms with Gasteiger partial charge in [0.05, 0.1) is 20.3 Å². The summed E-state index contributed by atoms with van der Waals surface area (Å²) in [5.41, 5.74) is 7.90. The highest BCUT2D eigenvalue weighted by Gasteiger charge is 2.31. The molecule has 28 heavy (non-hydrogen) atoms. The maximum Gasteiger partial charge on any atom is 0.269 e. The van der Waals surface area contributed by atoms with Gasteiger partial charge in [0.25, 0.3) is 5.96 Å². The number of rotatable bonds is 6. The van der Waals surface area contributed by atoms with Crippen molar-refractivity contribution in [2.45, 2.75) is 19.0 Å². The standard InChI is InChI=1S/C19H22N4O5/c1-26-17-9-13-8-15(12-28-16-6-4-3-5-7-16)22(19(20)21-23(24)25)11-14(13)10-18(17)27-2/h3-7,9-10,15H,8,11-12H2,1-2H3,(H2,20,21). The Bertz CT molecular complexity index is 872. The van der Waals surface area contributed by atoms with Crippen LogP contribution >= 0.6 is 0 Å². The number of benzene rings is 2. The fourth-order valence-corrected chi connectivity index (χ4v) is 3.24. The maximum atomic E-state index is 10.8. The van der Waals surface area contributed by atoms with Crippen molar-refractivity contribution in [2.75, 3.05) is 20.8 Å². The predicted molar refractivity (Wildman–Crippen MR) is 103 cm³/mol. The molecule has 9 nitrogen and oxygen atoms in total. The van der Waals surface area contributed by atoms with Crippen molar-refractivity contribution in [3.8, 4) is 17.2 Å². The molecule has 0 fully saturated rings. The van der Waals surface area contributed by atoms with Crippen molar-refractivity contribution >= 4 is 5.96 Å². The number of hydrogen-bond acceptors (Lipinski definition) is 5. The van der Waals surface area contributed by atoms with E-state index in [0.717, 1.165) is 11.1 Å². The SMILES string of the molecule is COc1cc2c(cc1OC)CN(/C(N)=N\[N+](=O)[O-])C(COc1ccccc1)C2. The fourth-order valence-electron chi connectivity index (χ4n) is 3.24. The van der Waals surface area contributed by atoms with E-state index >= 15 is 0 Å². The van der Waals surface area contributed by atoms with E-state index in [1.165, 1.54) is 0 Å². The van der Waals surface area contributed by atoms with Crippen LogP contribution in [0.3, 0.4) is 0 Å². The van der Waals surface area contributed by atoms with E-state index < -0.39 is 5.03 Å². The van der Waals surface area contributed by atoms with Crippen LogP contribution in [-0.2, 0) is 13.0 Å². The monoisotopic (exact) mass is 386 g/mol. The van der Waals surface area contributed by atoms with Gasteiger partial charge in [-0.2, -0.15) is 0 Å². The van der Waals surface area contributed by atoms with Crippen LogP contribution in [0.5, 0.6) is 17.2 Å². The molecule has 0 bridgehead atoms. The first-order chi connectivity index (χ1) is 13.5. The Labute approximate surface area is 162 Å². The Morgan fingerprint density at radius 3 is 2.46 bits per heavy atom. The molecule has 2 aromatic rings. The minimum Gasteiger partial charge on any atom is -0.493 e. The lowest BCUT2D eigenvalue weighted by atomic mass is 9.93. The van der Waals surface area contributed by atoms with Crippen LogP contribution in [0.25, 0.3) is 0 Å². The molecular formula is C19H22N4O5. The summed E-state index contributed by atoms with van der Waals surface area (Å²) < 4.78 is 16.6. The number of nitrogens with two attached hydrogens (primary N) is 1. The van der Waals surface area contributed by atoms with Gasteiger partial charge in [-0.3, -0.25) is 0 Å². The molecule has 2 N–H and O–H groups in total. The number of ether oxygens (including phenoxy) is 3. The number of para-hydroxylation sites is 1. The van der Waals surface area contributed by atoms with Crippen molar-refractivity contribution in [2.24, 2.45) is 10.8 Å². The van der Waals surface area contributed by atoms with Gasteiger partial charge in [0, 0.05) is 6.54 Å². The molecule has 1 unspecified atom stereocenters. The lowest BCUT2D eigenvalue weighted by Crippen LogP contribution is -2.50. The third-order valence-corrected chi connectivity index (χ3v) is 4.61. The second kappa shape index (κ2) is 8.47. The Morgan fingerprint density at radius 1 is 1.21 bits per heavy atom. The van der Waals surface area contributed by atoms with E-state index in [0.29, 0.717) is 36.8 Å². The number of nitrogens with zero attached hydrogens (tertiary/aromatic N) is 3. The summed E-state index contributed by atoms with van der Waals surface area (Å²) in [5, 5.41) is 13.3. The quantitative estimate of drug-likeness (QED) is 0.350. The lowest BCUT2D eigenvalue weighted by Gasteiger charge is -2.36. The number of fused-ring (bicyclic) bond motifs is 1. The van der Waals surface area contributed by atoms with Gasteiger partial charge in [-0.15, -0.1) is 0 Å². The van der Waals surface area contributed by atoms with Gasteiger partial charge < -0.3 is 24.8 Å². The van der Waals surface area contributed by atoms with Crippen molar-refractivity contribution in [3.05, 3.63) is 63.7 Å². The average molecular weight is 386 g/mol. The zero-order valence-corrected chi connectivity index (χ0v) is 15.7. The molecule has 0 aromatic heterocycles. The molecule has 1 heterocycles. The van der Waals surface area contributed by atoms with E-state index in [1.54, 1.807) is 19.1 Å². The van der Waals surface area contributed by atoms with Crippen LogP contribution in [0.4, 0.5) is 0 Å². The van der Waals surface area contributed by atoms with Crippen molar-refractivity contribution in [1.82, 2.24) is 4.90 Å². The van der Waals surface area contributed by atoms with E-state index in [9.17, 15) is 10.1 Å². The first kappa shape index (κ1) is 19.3. The molecule has 3 rings (SSSR count). The number of methoxy groups -OCH3 is 2. The molecule has 148 valence electrons. The molecule has 2 aromatic carbocycles. The third-order valence-electron chi connectivity index (χ3n) is 4.61. The van der Waals surface area contributed by atoms with Crippen LogP contribution in [0.1, 0.15) is 11.1 Å². The molecule has 0 saturated carbocycles. The highest BCUT2D eigenvalue weighted by molar-refractivity contribution is 5.78. The summed E-state index contributed by atoms with van der Waals surface area (Å²) in [6, 6.07) is 12.9. The van der Waals surface area contributed by atoms with E-state index in [2.05, 4.69) is 5.10 Å². The van der Waals surface area contributed by atoms with Gasteiger partial charge in [-0.1, -0.05) is 18.2 Å². The summed E-state index contributed by atoms with van der Waals surface area (Å²) in [6.07, 6.45) is 0.566. The van der Waals surface area contributed by atoms with Gasteiger partial charge in [0.2, 0.25) is 0 Å². The van der Waals surface area contributed by atoms with E-state index in [4.69, 9.17) is 19.9 Å². The summed E-state index contributed by atoms with van der Waals surface area (Å²) in [5.74, 6) is 1.77. The maximum absolute atomic E-state index is 10.8. The smallest absolute Gasteiger partial charge is 0.269 e. The Hall–Kier alpha value is -3.49. The molecule has 0 amide bonds. The van der Waals surface area contributed by atoms with Crippen molar-refractivity contribution in [3.63, 3.8) is 0 Å². The molecule has 1 atom stereocenters. The largest absolute Gasteiger partial charge is 0.493 e. The first-order valence-electron chi connectivity index (χ1n) is 8.68. The zero-order chi connectivity index (χ0) is 20.1. The fraction of sp³-hybridized carbons (Fsp3) is 0.316. The Morgan fingerprint density at radius 2 is 1.86 bits per heavy atom. The Balaban J connectivity index is 1.90. The van der Waals surface area contributed by atoms with Gasteiger partial charge in [-0.05, 0) is 41.8 Å². The van der Waals surface area contributed by atoms with E-state index in [1.807, 2.05) is 42.5 Å². The molecular weight excluding hydrogens is 364 g/mol. The van der Waals surface area contributed by atoms with Crippen LogP contribution in [0, 0.1) is 10.1 Å². The summed E-state index contributed by atoms with van der Waals surface area (Å²) in [4.78, 5) is 12.5. The van der Waals surface area contributed by atoms with Crippen LogP contribution < -0.4 is 19.9 Å². The minimum absolute atomic E-state index is 0.160. The van der Waals surface area contributed by atoms with Gasteiger partial charge in [0.15, 0.2) is 16.5 Å². The predicted octanol–water partition coefficient (Wildman–Crippen LogP) is 2.02. The summed E-state index contributed by atoms with van der Waals surface area (Å²) >= 11 is 0. The van der Waals surface area contributed by atoms with Crippen molar-refractivity contribution < 1.29 is 19.2 Å². The summed E-state index contributed by atoms with van der Waals surface area (Å²) in [7, 11) is 3.14. The van der Waals surface area contributed by atoms with E-state index in [-0.39, 0.29) is 12.0 Å². The van der Waals surface area contributed by atoms with Gasteiger partial charge >= 0.3 is 0 Å². The Kier molecular flexibility index (Phi) is 5.83. The van der Waals surface area contributed by atoms with Gasteiger partial charge in [0.1, 0.15) is 17.5 Å². The highest BCUT2D eigenvalue weighted by Crippen LogP contribution is 2.34. The topological polar surface area (TPSA) is 112 Å². The lowest BCUT2D eigenvalue weighted by molar-refractivity contribution is -0.485. The second-order valence-electron chi connectivity index (χ2n) is 6.28. The summed E-state index contributed by atoms with van der Waals surface area (Å²) in [6.45, 7) is 0.646. The molecule has 1 aliphatic heterocycles. The normalized spacial score (nSPS) is 16.3. The number of hydrogen-bond donors (Lipinski definition) is 1. The number of nitro groups is 1. The minimum atomic E-state index is -0.797. The molecule has 9 heteroatoms. The molecule has 1 aliphatic rings. The molecule has 0 aliphatic carbocycles. The third kappa shape index (κ3) is 4.25. The molecule has 0 radical (unpaired) electrons. The highest BCUT2D eigenvalue weighted by atomic mass is 16.7. The van der Waals surface area contributed by atoms with Crippen LogP contribution in [-0.4, -0.2) is 42.8 Å². The number of guanidine groups is 1. The van der Waals surface area contributed by atoms with Crippen LogP contribution in [0.15, 0.2) is 47.6 Å². The molecule has 0 saturated heterocycles. The van der Waals surface area contributed by atoms with Crippen LogP contribution in [0.2, 0.25) is 0 Å². The average Bonchev–Trinajstić information content (AvgIpc) is 2.70. The first-order valence-corrected chi connectivity index (χ1v) is 8.68. The zero-order valence-electron chi connectivity index (χ0n) is 15.7. The van der Waals surface area contributed by atoms with Gasteiger partial charge in [-0.25, -0.2) is 10.1 Å². The second-order valence-corrected chi connectivity index (χ2v) is 6.28. The van der Waals surface area contributed by atoms with Crippen molar-refractivity contribution in [1.29, 1.82) is 0 Å².